The summed E-state index contributed by atoms with van der Waals surface area (Å²) < 4.78 is 1.40. The van der Waals surface area contributed by atoms with Gasteiger partial charge in [-0.1, -0.05) is 29.8 Å². The number of nitrogens with zero attached hydrogens (tertiary/aromatic N) is 2. The van der Waals surface area contributed by atoms with Crippen molar-refractivity contribution in [2.45, 2.75) is 25.8 Å². The van der Waals surface area contributed by atoms with Crippen LogP contribution < -0.4 is 10.9 Å². The van der Waals surface area contributed by atoms with E-state index in [4.69, 9.17) is 11.6 Å². The number of nitrogens with one attached hydrogen (secondary N) is 1. The normalized spacial score (nSPS) is 14.0. The van der Waals surface area contributed by atoms with Crippen molar-refractivity contribution < 1.29 is 9.59 Å². The van der Waals surface area contributed by atoms with Crippen LogP contribution in [0, 0.1) is 0 Å². The van der Waals surface area contributed by atoms with Crippen LogP contribution in [0.5, 0.6) is 0 Å². The Morgan fingerprint density at radius 1 is 0.967 bits per heavy atom. The highest BCUT2D eigenvalue weighted by Gasteiger charge is 2.22. The molecule has 0 spiro atoms. The first-order chi connectivity index (χ1) is 14.5. The Morgan fingerprint density at radius 3 is 2.40 bits per heavy atom. The molecule has 1 aliphatic heterocycles. The third-order valence-electron chi connectivity index (χ3n) is 5.32. The summed E-state index contributed by atoms with van der Waals surface area (Å²) in [5, 5.41) is 4.01. The fourth-order valence-electron chi connectivity index (χ4n) is 3.82. The maximum atomic E-state index is 13.1. The molecule has 1 N–H and O–H groups in total. The van der Waals surface area contributed by atoms with Gasteiger partial charge in [0.05, 0.1) is 11.1 Å². The van der Waals surface area contributed by atoms with E-state index in [1.54, 1.807) is 36.4 Å². The monoisotopic (exact) mass is 423 g/mol. The van der Waals surface area contributed by atoms with Gasteiger partial charge >= 0.3 is 0 Å². The summed E-state index contributed by atoms with van der Waals surface area (Å²) in [6.45, 7) is 1.26. The molecule has 2 heterocycles. The van der Waals surface area contributed by atoms with Gasteiger partial charge in [0.15, 0.2) is 0 Å². The van der Waals surface area contributed by atoms with E-state index in [0.717, 1.165) is 19.3 Å². The minimum atomic E-state index is -0.375. The number of hydrogen-bond acceptors (Lipinski definition) is 3. The molecular formula is C23H22ClN3O3. The van der Waals surface area contributed by atoms with Crippen LogP contribution in [-0.2, 0) is 11.3 Å². The number of halogens is 1. The number of hydrogen-bond donors (Lipinski definition) is 1. The van der Waals surface area contributed by atoms with Crippen LogP contribution in [0.3, 0.4) is 0 Å². The molecule has 0 radical (unpaired) electrons. The molecule has 3 aromatic rings. The fourth-order valence-corrected chi connectivity index (χ4v) is 3.95. The standard InChI is InChI=1S/C23H22ClN3O3/c24-16-8-10-17(11-9-16)25-21(28)15-27-20-7-3-2-6-18(20)19(14-22(27)29)23(30)26-12-4-1-5-13-26/h2-3,6-11,14H,1,4-5,12-13,15H2,(H,25,28). The first-order valence-corrected chi connectivity index (χ1v) is 10.4. The maximum absolute atomic E-state index is 13.1. The van der Waals surface area contributed by atoms with E-state index in [-0.39, 0.29) is 23.9 Å². The number of anilines is 1. The Bertz CT molecular complexity index is 1150. The molecule has 0 saturated carbocycles. The number of rotatable bonds is 4. The Balaban J connectivity index is 1.65. The van der Waals surface area contributed by atoms with Crippen molar-refractivity contribution in [1.29, 1.82) is 0 Å². The van der Waals surface area contributed by atoms with E-state index < -0.39 is 0 Å². The Kier molecular flexibility index (Phi) is 5.86. The van der Waals surface area contributed by atoms with Gasteiger partial charge in [0.1, 0.15) is 6.54 Å². The highest BCUT2D eigenvalue weighted by molar-refractivity contribution is 6.30. The lowest BCUT2D eigenvalue weighted by molar-refractivity contribution is -0.116. The molecule has 1 aromatic heterocycles. The summed E-state index contributed by atoms with van der Waals surface area (Å²) in [7, 11) is 0. The van der Waals surface area contributed by atoms with Crippen molar-refractivity contribution >= 4 is 40.0 Å². The molecule has 7 heteroatoms. The average Bonchev–Trinajstić information content (AvgIpc) is 2.77. The minimum Gasteiger partial charge on any atom is -0.339 e. The molecule has 0 aliphatic carbocycles. The molecule has 0 bridgehead atoms. The van der Waals surface area contributed by atoms with E-state index in [9.17, 15) is 14.4 Å². The van der Waals surface area contributed by atoms with Crippen LogP contribution in [0.1, 0.15) is 29.6 Å². The molecule has 1 saturated heterocycles. The summed E-state index contributed by atoms with van der Waals surface area (Å²) in [5.41, 5.74) is 1.18. The van der Waals surface area contributed by atoms with Gasteiger partial charge in [-0.15, -0.1) is 0 Å². The van der Waals surface area contributed by atoms with Crippen LogP contribution in [0.2, 0.25) is 5.02 Å². The lowest BCUT2D eigenvalue weighted by Crippen LogP contribution is -2.37. The second-order valence-electron chi connectivity index (χ2n) is 7.41. The largest absolute Gasteiger partial charge is 0.339 e. The summed E-state index contributed by atoms with van der Waals surface area (Å²) >= 11 is 5.87. The summed E-state index contributed by atoms with van der Waals surface area (Å²) in [6.07, 6.45) is 3.08. The second kappa shape index (κ2) is 8.71. The van der Waals surface area contributed by atoms with Gasteiger partial charge in [-0.05, 0) is 49.6 Å². The zero-order valence-corrected chi connectivity index (χ0v) is 17.2. The Hall–Kier alpha value is -3.12. The summed E-state index contributed by atoms with van der Waals surface area (Å²) in [5.74, 6) is -0.458. The zero-order chi connectivity index (χ0) is 21.1. The highest BCUT2D eigenvalue weighted by Crippen LogP contribution is 2.21. The third-order valence-corrected chi connectivity index (χ3v) is 5.57. The SMILES string of the molecule is O=C(Cn1c(=O)cc(C(=O)N2CCCCC2)c2ccccc21)Nc1ccc(Cl)cc1. The van der Waals surface area contributed by atoms with Crippen LogP contribution >= 0.6 is 11.6 Å². The van der Waals surface area contributed by atoms with Crippen molar-refractivity contribution in [2.24, 2.45) is 0 Å². The molecule has 154 valence electrons. The molecule has 0 atom stereocenters. The lowest BCUT2D eigenvalue weighted by Gasteiger charge is -2.27. The van der Waals surface area contributed by atoms with Gasteiger partial charge in [-0.2, -0.15) is 0 Å². The Labute approximate surface area is 179 Å². The van der Waals surface area contributed by atoms with Crippen molar-refractivity contribution in [3.63, 3.8) is 0 Å². The molecule has 30 heavy (non-hydrogen) atoms. The first-order valence-electron chi connectivity index (χ1n) is 10.0. The van der Waals surface area contributed by atoms with E-state index in [0.29, 0.717) is 40.3 Å². The smallest absolute Gasteiger partial charge is 0.254 e. The number of carbonyl (C=O) groups excluding carboxylic acids is 2. The number of benzene rings is 2. The van der Waals surface area contributed by atoms with Crippen molar-refractivity contribution in [1.82, 2.24) is 9.47 Å². The predicted octanol–water partition coefficient (Wildman–Crippen LogP) is 3.92. The van der Waals surface area contributed by atoms with Crippen molar-refractivity contribution in [2.75, 3.05) is 18.4 Å². The Morgan fingerprint density at radius 2 is 1.67 bits per heavy atom. The van der Waals surface area contributed by atoms with Crippen LogP contribution in [0.4, 0.5) is 5.69 Å². The fraction of sp³-hybridized carbons (Fsp3) is 0.261. The van der Waals surface area contributed by atoms with Crippen LogP contribution in [-0.4, -0.2) is 34.4 Å². The summed E-state index contributed by atoms with van der Waals surface area (Å²) in [6, 6.07) is 15.3. The van der Waals surface area contributed by atoms with E-state index in [1.165, 1.54) is 10.6 Å². The number of para-hydroxylation sites is 1. The number of amides is 2. The van der Waals surface area contributed by atoms with E-state index in [2.05, 4.69) is 5.32 Å². The molecule has 1 aliphatic rings. The molecule has 2 aromatic carbocycles. The number of likely N-dealkylation sites (tertiary alicyclic amines) is 1. The number of fused-ring (bicyclic) bond motifs is 1. The van der Waals surface area contributed by atoms with Crippen LogP contribution in [0.15, 0.2) is 59.4 Å². The van der Waals surface area contributed by atoms with Gasteiger partial charge in [-0.3, -0.25) is 19.0 Å². The third kappa shape index (κ3) is 4.24. The maximum Gasteiger partial charge on any atom is 0.254 e. The number of aromatic nitrogens is 1. The first kappa shape index (κ1) is 20.2. The molecule has 2 amide bonds. The minimum absolute atomic E-state index is 0.124. The van der Waals surface area contributed by atoms with E-state index >= 15 is 0 Å². The van der Waals surface area contributed by atoms with Gasteiger partial charge in [0, 0.05) is 35.3 Å². The quantitative estimate of drug-likeness (QED) is 0.691. The molecule has 1 fully saturated rings. The van der Waals surface area contributed by atoms with Gasteiger partial charge in [0.25, 0.3) is 11.5 Å². The van der Waals surface area contributed by atoms with Gasteiger partial charge in [-0.25, -0.2) is 0 Å². The van der Waals surface area contributed by atoms with Gasteiger partial charge in [0.2, 0.25) is 5.91 Å². The van der Waals surface area contributed by atoms with Gasteiger partial charge < -0.3 is 10.2 Å². The molecular weight excluding hydrogens is 402 g/mol. The average molecular weight is 424 g/mol. The number of pyridine rings is 1. The molecule has 0 unspecified atom stereocenters. The molecule has 6 nitrogen and oxygen atoms in total. The number of carbonyl (C=O) groups is 2. The highest BCUT2D eigenvalue weighted by atomic mass is 35.5. The summed E-state index contributed by atoms with van der Waals surface area (Å²) in [4.78, 5) is 40.3. The lowest BCUT2D eigenvalue weighted by atomic mass is 10.0. The topological polar surface area (TPSA) is 71.4 Å². The number of piperidine rings is 1. The molecule has 4 rings (SSSR count). The zero-order valence-electron chi connectivity index (χ0n) is 16.4. The second-order valence-corrected chi connectivity index (χ2v) is 7.84. The predicted molar refractivity (Wildman–Crippen MR) is 118 cm³/mol. The van der Waals surface area contributed by atoms with Crippen molar-refractivity contribution in [3.05, 3.63) is 75.5 Å². The van der Waals surface area contributed by atoms with Crippen LogP contribution in [0.25, 0.3) is 10.9 Å². The van der Waals surface area contributed by atoms with Crippen molar-refractivity contribution in [3.8, 4) is 0 Å². The van der Waals surface area contributed by atoms with E-state index in [1.807, 2.05) is 17.0 Å².